The number of aromatic nitrogens is 5. The zero-order valence-electron chi connectivity index (χ0n) is 30.3. The van der Waals surface area contributed by atoms with Crippen LogP contribution in [0.25, 0.3) is 100 Å². The van der Waals surface area contributed by atoms with E-state index in [1.54, 1.807) is 0 Å². The van der Waals surface area contributed by atoms with Crippen molar-refractivity contribution in [1.29, 1.82) is 0 Å². The number of para-hydroxylation sites is 1. The van der Waals surface area contributed by atoms with Crippen LogP contribution in [0.15, 0.2) is 200 Å². The van der Waals surface area contributed by atoms with Crippen molar-refractivity contribution in [3.63, 3.8) is 0 Å². The van der Waals surface area contributed by atoms with E-state index in [9.17, 15) is 0 Å². The summed E-state index contributed by atoms with van der Waals surface area (Å²) in [7, 11) is 0. The van der Waals surface area contributed by atoms with Gasteiger partial charge in [-0.3, -0.25) is 4.57 Å². The Kier molecular flexibility index (Phi) is 7.42. The molecule has 0 aliphatic carbocycles. The molecule has 5 nitrogen and oxygen atoms in total. The van der Waals surface area contributed by atoms with E-state index in [0.717, 1.165) is 49.7 Å². The molecule has 0 spiro atoms. The van der Waals surface area contributed by atoms with Crippen LogP contribution in [-0.4, -0.2) is 24.1 Å². The molecule has 0 aliphatic heterocycles. The summed E-state index contributed by atoms with van der Waals surface area (Å²) in [4.78, 5) is 15.2. The van der Waals surface area contributed by atoms with Gasteiger partial charge in [-0.05, 0) is 70.8 Å². The van der Waals surface area contributed by atoms with Crippen molar-refractivity contribution in [2.75, 3.05) is 0 Å². The highest BCUT2D eigenvalue weighted by atomic mass is 15.2. The quantitative estimate of drug-likeness (QED) is 0.172. The maximum atomic E-state index is 5.13. The van der Waals surface area contributed by atoms with E-state index >= 15 is 0 Å². The maximum absolute atomic E-state index is 5.13. The highest BCUT2D eigenvalue weighted by Gasteiger charge is 2.20. The van der Waals surface area contributed by atoms with Crippen molar-refractivity contribution in [2.24, 2.45) is 0 Å². The Bertz CT molecular complexity index is 3070. The average molecular weight is 716 g/mol. The molecule has 0 aliphatic rings. The van der Waals surface area contributed by atoms with E-state index in [-0.39, 0.29) is 0 Å². The van der Waals surface area contributed by atoms with Gasteiger partial charge in [-0.2, -0.15) is 9.97 Å². The van der Waals surface area contributed by atoms with Crippen LogP contribution in [-0.2, 0) is 0 Å². The van der Waals surface area contributed by atoms with Crippen LogP contribution in [0.2, 0.25) is 0 Å². The summed E-state index contributed by atoms with van der Waals surface area (Å²) in [5.74, 6) is 1.84. The molecule has 3 heterocycles. The Morgan fingerprint density at radius 3 is 1.21 bits per heavy atom. The molecule has 56 heavy (non-hydrogen) atoms. The molecule has 262 valence electrons. The number of hydrogen-bond donors (Lipinski definition) is 0. The zero-order valence-corrected chi connectivity index (χ0v) is 30.3. The van der Waals surface area contributed by atoms with Crippen LogP contribution < -0.4 is 0 Å². The van der Waals surface area contributed by atoms with Gasteiger partial charge in [-0.1, -0.05) is 152 Å². The fourth-order valence-corrected chi connectivity index (χ4v) is 8.13. The van der Waals surface area contributed by atoms with Gasteiger partial charge in [0.1, 0.15) is 0 Å². The highest BCUT2D eigenvalue weighted by Crippen LogP contribution is 2.39. The van der Waals surface area contributed by atoms with Crippen LogP contribution in [0.4, 0.5) is 0 Å². The molecular weight excluding hydrogens is 683 g/mol. The van der Waals surface area contributed by atoms with E-state index in [1.165, 1.54) is 33.0 Å². The number of hydrogen-bond acceptors (Lipinski definition) is 3. The van der Waals surface area contributed by atoms with Crippen molar-refractivity contribution in [3.8, 4) is 56.7 Å². The van der Waals surface area contributed by atoms with E-state index in [0.29, 0.717) is 17.6 Å². The monoisotopic (exact) mass is 715 g/mol. The lowest BCUT2D eigenvalue weighted by Gasteiger charge is -2.12. The molecule has 0 unspecified atom stereocenters. The molecular formula is C51H33N5. The molecule has 8 aromatic carbocycles. The van der Waals surface area contributed by atoms with Gasteiger partial charge in [0, 0.05) is 38.4 Å². The largest absolute Gasteiger partial charge is 0.309 e. The minimum atomic E-state index is 0.579. The molecule has 0 amide bonds. The van der Waals surface area contributed by atoms with Crippen LogP contribution in [0.1, 0.15) is 0 Å². The third-order valence-electron chi connectivity index (χ3n) is 10.8. The predicted octanol–water partition coefficient (Wildman–Crippen LogP) is 12.7. The molecule has 0 radical (unpaired) electrons. The minimum absolute atomic E-state index is 0.579. The second kappa shape index (κ2) is 13.0. The Morgan fingerprint density at radius 2 is 0.679 bits per heavy atom. The molecule has 3 aromatic heterocycles. The lowest BCUT2D eigenvalue weighted by atomic mass is 10.0. The van der Waals surface area contributed by atoms with Crippen molar-refractivity contribution in [1.82, 2.24) is 24.1 Å². The molecule has 11 aromatic rings. The molecule has 0 saturated carbocycles. The summed E-state index contributed by atoms with van der Waals surface area (Å²) in [5, 5.41) is 4.69. The Labute approximate surface area is 323 Å². The average Bonchev–Trinajstić information content (AvgIpc) is 3.79. The molecule has 0 fully saturated rings. The molecule has 5 heteroatoms. The first kappa shape index (κ1) is 31.9. The third-order valence-corrected chi connectivity index (χ3v) is 10.8. The molecule has 0 N–H and O–H groups in total. The lowest BCUT2D eigenvalue weighted by Crippen LogP contribution is -2.06. The summed E-state index contributed by atoms with van der Waals surface area (Å²) in [6.07, 6.45) is 0. The SMILES string of the molecule is c1ccc(-c2ccc3c(c2)c2cc(-c4ccccc4)ccc2n3-c2ccc3c(c2)c2ccccc2n3-c2nc(-c3ccccc3)nc(-c3ccccc3)n2)cc1. The van der Waals surface area contributed by atoms with E-state index in [4.69, 9.17) is 15.0 Å². The minimum Gasteiger partial charge on any atom is -0.309 e. The zero-order chi connectivity index (χ0) is 37.0. The molecule has 0 bridgehead atoms. The van der Waals surface area contributed by atoms with Crippen LogP contribution in [0.3, 0.4) is 0 Å². The van der Waals surface area contributed by atoms with E-state index in [1.807, 2.05) is 60.7 Å². The smallest absolute Gasteiger partial charge is 0.238 e. The predicted molar refractivity (Wildman–Crippen MR) is 230 cm³/mol. The van der Waals surface area contributed by atoms with Crippen molar-refractivity contribution in [3.05, 3.63) is 200 Å². The van der Waals surface area contributed by atoms with Gasteiger partial charge in [-0.25, -0.2) is 4.98 Å². The van der Waals surface area contributed by atoms with Crippen LogP contribution in [0.5, 0.6) is 0 Å². The van der Waals surface area contributed by atoms with Gasteiger partial charge < -0.3 is 4.57 Å². The van der Waals surface area contributed by atoms with Gasteiger partial charge >= 0.3 is 0 Å². The normalized spacial score (nSPS) is 11.6. The Balaban J connectivity index is 1.14. The fourth-order valence-electron chi connectivity index (χ4n) is 8.13. The first-order valence-electron chi connectivity index (χ1n) is 18.9. The molecule has 0 atom stereocenters. The second-order valence-electron chi connectivity index (χ2n) is 14.1. The highest BCUT2D eigenvalue weighted by molar-refractivity contribution is 6.13. The topological polar surface area (TPSA) is 48.5 Å². The van der Waals surface area contributed by atoms with Crippen LogP contribution >= 0.6 is 0 Å². The summed E-state index contributed by atoms with van der Waals surface area (Å²) in [5.41, 5.74) is 12.1. The molecule has 0 saturated heterocycles. The second-order valence-corrected chi connectivity index (χ2v) is 14.1. The van der Waals surface area contributed by atoms with E-state index in [2.05, 4.69) is 149 Å². The van der Waals surface area contributed by atoms with E-state index < -0.39 is 0 Å². The Hall–Kier alpha value is -7.63. The summed E-state index contributed by atoms with van der Waals surface area (Å²) < 4.78 is 4.59. The molecule has 11 rings (SSSR count). The standard InChI is InChI=1S/C51H33N5/c1-5-15-34(16-6-1)38-25-28-46-42(31-38)43-32-39(35-17-7-2-8-18-35)26-29-47(43)55(46)40-27-30-48-44(33-40)41-23-13-14-24-45(41)56(48)51-53-49(36-19-9-3-10-20-36)52-50(54-51)37-21-11-4-12-22-37/h1-33H. The summed E-state index contributed by atoms with van der Waals surface area (Å²) in [6, 6.07) is 70.5. The van der Waals surface area contributed by atoms with Crippen molar-refractivity contribution >= 4 is 43.6 Å². The fraction of sp³-hybridized carbons (Fsp3) is 0. The number of nitrogens with zero attached hydrogens (tertiary/aromatic N) is 5. The van der Waals surface area contributed by atoms with Crippen molar-refractivity contribution < 1.29 is 0 Å². The number of rotatable bonds is 6. The van der Waals surface area contributed by atoms with Gasteiger partial charge in [-0.15, -0.1) is 0 Å². The third kappa shape index (κ3) is 5.29. The Morgan fingerprint density at radius 1 is 0.268 bits per heavy atom. The maximum Gasteiger partial charge on any atom is 0.238 e. The first-order chi connectivity index (χ1) is 27.8. The van der Waals surface area contributed by atoms with Gasteiger partial charge in [0.05, 0.1) is 22.1 Å². The van der Waals surface area contributed by atoms with Crippen LogP contribution in [0, 0.1) is 0 Å². The van der Waals surface area contributed by atoms with Crippen molar-refractivity contribution in [2.45, 2.75) is 0 Å². The van der Waals surface area contributed by atoms with Gasteiger partial charge in [0.15, 0.2) is 11.6 Å². The first-order valence-corrected chi connectivity index (χ1v) is 18.9. The lowest BCUT2D eigenvalue weighted by molar-refractivity contribution is 0.953. The summed E-state index contributed by atoms with van der Waals surface area (Å²) in [6.45, 7) is 0. The summed E-state index contributed by atoms with van der Waals surface area (Å²) >= 11 is 0. The van der Waals surface area contributed by atoms with Gasteiger partial charge in [0.25, 0.3) is 0 Å². The number of fused-ring (bicyclic) bond motifs is 6. The number of benzene rings is 8. The van der Waals surface area contributed by atoms with Gasteiger partial charge in [0.2, 0.25) is 5.95 Å².